The minimum absolute atomic E-state index is 0.0818. The first-order valence-electron chi connectivity index (χ1n) is 7.39. The SMILES string of the molecule is C[SiH](C)CCOCN(c1ccon1)S(=O)(=O)c1cc(Cl)c(F)cc1F. The van der Waals surface area contributed by atoms with Crippen LogP contribution in [-0.2, 0) is 14.8 Å². The van der Waals surface area contributed by atoms with Crippen LogP contribution in [0, 0.1) is 11.6 Å². The van der Waals surface area contributed by atoms with Gasteiger partial charge in [0.2, 0.25) is 0 Å². The van der Waals surface area contributed by atoms with Crippen LogP contribution in [0.4, 0.5) is 14.6 Å². The Hall–Kier alpha value is -1.49. The maximum Gasteiger partial charge on any atom is 0.270 e. The van der Waals surface area contributed by atoms with E-state index in [0.29, 0.717) is 12.7 Å². The molecule has 0 saturated carbocycles. The monoisotopic (exact) mass is 410 g/mol. The van der Waals surface area contributed by atoms with Crippen molar-refractivity contribution in [1.82, 2.24) is 5.16 Å². The summed E-state index contributed by atoms with van der Waals surface area (Å²) >= 11 is 5.60. The lowest BCUT2D eigenvalue weighted by Crippen LogP contribution is -2.34. The van der Waals surface area contributed by atoms with Crippen molar-refractivity contribution < 1.29 is 26.5 Å². The fourth-order valence-corrected chi connectivity index (χ4v) is 4.11. The fraction of sp³-hybridized carbons (Fsp3) is 0.357. The zero-order valence-corrected chi connectivity index (χ0v) is 16.3. The number of rotatable bonds is 8. The third kappa shape index (κ3) is 4.78. The summed E-state index contributed by atoms with van der Waals surface area (Å²) in [6.45, 7) is 4.24. The minimum Gasteiger partial charge on any atom is -0.363 e. The Morgan fingerprint density at radius 2 is 2.04 bits per heavy atom. The Labute approximate surface area is 151 Å². The van der Waals surface area contributed by atoms with Gasteiger partial charge in [-0.15, -0.1) is 0 Å². The van der Waals surface area contributed by atoms with E-state index in [1.807, 2.05) is 0 Å². The average Bonchev–Trinajstić information content (AvgIpc) is 3.04. The summed E-state index contributed by atoms with van der Waals surface area (Å²) < 4.78 is 63.7. The average molecular weight is 411 g/mol. The topological polar surface area (TPSA) is 72.6 Å². The molecule has 0 aliphatic rings. The predicted octanol–water partition coefficient (Wildman–Crippen LogP) is 3.26. The highest BCUT2D eigenvalue weighted by molar-refractivity contribution is 7.92. The van der Waals surface area contributed by atoms with E-state index in [4.69, 9.17) is 16.3 Å². The van der Waals surface area contributed by atoms with Crippen LogP contribution in [0.5, 0.6) is 0 Å². The van der Waals surface area contributed by atoms with Crippen molar-refractivity contribution in [3.8, 4) is 0 Å². The van der Waals surface area contributed by atoms with Gasteiger partial charge in [-0.1, -0.05) is 29.9 Å². The number of aromatic nitrogens is 1. The molecule has 1 aromatic heterocycles. The number of hydrogen-bond donors (Lipinski definition) is 0. The van der Waals surface area contributed by atoms with Gasteiger partial charge in [-0.25, -0.2) is 21.5 Å². The van der Waals surface area contributed by atoms with E-state index in [-0.39, 0.29) is 12.5 Å². The lowest BCUT2D eigenvalue weighted by atomic mass is 10.3. The molecule has 0 aliphatic heterocycles. The van der Waals surface area contributed by atoms with E-state index in [9.17, 15) is 17.2 Å². The number of sulfonamides is 1. The maximum atomic E-state index is 14.0. The molecule has 0 N–H and O–H groups in total. The molecular formula is C14H17ClF2N2O4SSi. The molecular weight excluding hydrogens is 394 g/mol. The Bertz CT molecular complexity index is 818. The largest absolute Gasteiger partial charge is 0.363 e. The van der Waals surface area contributed by atoms with E-state index in [0.717, 1.165) is 16.4 Å². The number of benzene rings is 1. The normalized spacial score (nSPS) is 11.9. The quantitative estimate of drug-likeness (QED) is 0.289. The lowest BCUT2D eigenvalue weighted by Gasteiger charge is -2.22. The molecule has 0 bridgehead atoms. The molecule has 0 spiro atoms. The third-order valence-electron chi connectivity index (χ3n) is 3.27. The van der Waals surface area contributed by atoms with Crippen molar-refractivity contribution in [2.45, 2.75) is 24.0 Å². The zero-order valence-electron chi connectivity index (χ0n) is 13.6. The first-order valence-corrected chi connectivity index (χ1v) is 12.3. The van der Waals surface area contributed by atoms with E-state index < -0.39 is 40.4 Å². The zero-order chi connectivity index (χ0) is 18.6. The van der Waals surface area contributed by atoms with Crippen LogP contribution in [0.15, 0.2) is 33.9 Å². The van der Waals surface area contributed by atoms with Crippen LogP contribution in [0.1, 0.15) is 0 Å². The number of nitrogens with zero attached hydrogens (tertiary/aromatic N) is 2. The number of anilines is 1. The molecule has 1 heterocycles. The van der Waals surface area contributed by atoms with Crippen LogP contribution in [0.3, 0.4) is 0 Å². The van der Waals surface area contributed by atoms with Gasteiger partial charge in [0.1, 0.15) is 29.5 Å². The van der Waals surface area contributed by atoms with Gasteiger partial charge in [0.05, 0.1) is 5.02 Å². The van der Waals surface area contributed by atoms with E-state index >= 15 is 0 Å². The van der Waals surface area contributed by atoms with Gasteiger partial charge in [-0.05, 0) is 12.1 Å². The van der Waals surface area contributed by atoms with E-state index in [1.165, 1.54) is 12.3 Å². The molecule has 0 unspecified atom stereocenters. The second kappa shape index (κ2) is 8.26. The van der Waals surface area contributed by atoms with Crippen LogP contribution in [-0.4, -0.2) is 35.7 Å². The summed E-state index contributed by atoms with van der Waals surface area (Å²) in [6.07, 6.45) is 1.17. The molecule has 0 amide bonds. The lowest BCUT2D eigenvalue weighted by molar-refractivity contribution is 0.156. The maximum absolute atomic E-state index is 14.0. The molecule has 2 rings (SSSR count). The molecule has 138 valence electrons. The molecule has 1 aromatic carbocycles. The molecule has 2 aromatic rings. The van der Waals surface area contributed by atoms with Crippen molar-refractivity contribution >= 4 is 36.2 Å². The van der Waals surface area contributed by atoms with Crippen molar-refractivity contribution in [1.29, 1.82) is 0 Å². The second-order valence-electron chi connectivity index (χ2n) is 5.63. The highest BCUT2D eigenvalue weighted by Crippen LogP contribution is 2.28. The Morgan fingerprint density at radius 1 is 1.32 bits per heavy atom. The molecule has 6 nitrogen and oxygen atoms in total. The molecule has 0 fully saturated rings. The van der Waals surface area contributed by atoms with Gasteiger partial charge in [0.15, 0.2) is 5.82 Å². The first kappa shape index (κ1) is 19.8. The third-order valence-corrected chi connectivity index (χ3v) is 6.69. The fourth-order valence-electron chi connectivity index (χ4n) is 1.88. The highest BCUT2D eigenvalue weighted by Gasteiger charge is 2.31. The summed E-state index contributed by atoms with van der Waals surface area (Å²) in [5.41, 5.74) is 0. The highest BCUT2D eigenvalue weighted by atomic mass is 35.5. The first-order chi connectivity index (χ1) is 11.7. The minimum atomic E-state index is -4.42. The standard InChI is InChI=1S/C14H17ClF2N2O4SSi/c1-25(2)6-5-22-9-19(14-3-4-23-18-14)24(20,21)13-7-10(15)11(16)8-12(13)17/h3-4,7-8,25H,5-6,9H2,1-2H3. The second-order valence-corrected chi connectivity index (χ2v) is 11.2. The van der Waals surface area contributed by atoms with Crippen LogP contribution < -0.4 is 4.31 Å². The van der Waals surface area contributed by atoms with Crippen molar-refractivity contribution in [2.75, 3.05) is 17.6 Å². The van der Waals surface area contributed by atoms with Gasteiger partial charge in [-0.2, -0.15) is 0 Å². The summed E-state index contributed by atoms with van der Waals surface area (Å²) in [5.74, 6) is -2.39. The number of halogens is 3. The van der Waals surface area contributed by atoms with Crippen LogP contribution in [0.2, 0.25) is 24.2 Å². The van der Waals surface area contributed by atoms with E-state index in [1.54, 1.807) is 0 Å². The summed E-state index contributed by atoms with van der Waals surface area (Å²) in [5, 5.41) is 3.06. The van der Waals surface area contributed by atoms with Gasteiger partial charge < -0.3 is 9.26 Å². The van der Waals surface area contributed by atoms with E-state index in [2.05, 4.69) is 22.8 Å². The Kier molecular flexibility index (Phi) is 6.55. The van der Waals surface area contributed by atoms with Crippen molar-refractivity contribution in [3.63, 3.8) is 0 Å². The Balaban J connectivity index is 2.34. The van der Waals surface area contributed by atoms with Gasteiger partial charge in [0, 0.05) is 27.5 Å². The van der Waals surface area contributed by atoms with Crippen LogP contribution in [0.25, 0.3) is 0 Å². The molecule has 0 saturated heterocycles. The molecule has 25 heavy (non-hydrogen) atoms. The number of ether oxygens (including phenoxy) is 1. The summed E-state index contributed by atoms with van der Waals surface area (Å²) in [4.78, 5) is -0.774. The van der Waals surface area contributed by atoms with Gasteiger partial charge >= 0.3 is 0 Å². The van der Waals surface area contributed by atoms with Gasteiger partial charge in [-0.3, -0.25) is 0 Å². The number of hydrogen-bond acceptors (Lipinski definition) is 5. The molecule has 0 radical (unpaired) electrons. The summed E-state index contributed by atoms with van der Waals surface area (Å²) in [6, 6.07) is 3.28. The van der Waals surface area contributed by atoms with Gasteiger partial charge in [0.25, 0.3) is 10.0 Å². The van der Waals surface area contributed by atoms with Crippen molar-refractivity contribution in [3.05, 3.63) is 41.1 Å². The molecule has 0 aliphatic carbocycles. The van der Waals surface area contributed by atoms with Crippen molar-refractivity contribution in [2.24, 2.45) is 0 Å². The Morgan fingerprint density at radius 3 is 2.64 bits per heavy atom. The molecule has 11 heteroatoms. The molecule has 0 atom stereocenters. The van der Waals surface area contributed by atoms with Crippen LogP contribution >= 0.6 is 11.6 Å². The predicted molar refractivity (Wildman–Crippen MR) is 92.0 cm³/mol. The smallest absolute Gasteiger partial charge is 0.270 e. The summed E-state index contributed by atoms with van der Waals surface area (Å²) in [7, 11) is -5.29.